The van der Waals surface area contributed by atoms with Gasteiger partial charge in [0.2, 0.25) is 0 Å². The molecule has 7 nitrogen and oxygen atoms in total. The number of aromatic nitrogens is 2. The van der Waals surface area contributed by atoms with Crippen molar-refractivity contribution in [2.75, 3.05) is 18.8 Å². The first-order valence-electron chi connectivity index (χ1n) is 9.08. The Morgan fingerprint density at radius 3 is 2.76 bits per heavy atom. The van der Waals surface area contributed by atoms with E-state index in [1.807, 2.05) is 0 Å². The summed E-state index contributed by atoms with van der Waals surface area (Å²) in [5.41, 5.74) is 0.907. The van der Waals surface area contributed by atoms with E-state index in [0.717, 1.165) is 0 Å². The lowest BCUT2D eigenvalue weighted by atomic mass is 10.1. The first-order valence-corrected chi connectivity index (χ1v) is 10.8. The Kier molecular flexibility index (Phi) is 5.14. The third-order valence-corrected chi connectivity index (χ3v) is 7.06. The Bertz CT molecular complexity index is 1130. The molecule has 0 bridgehead atoms. The number of amides is 1. The normalized spacial score (nSPS) is 18.9. The molecule has 3 aromatic rings. The molecular formula is C20H18FN3O4S. The first-order chi connectivity index (χ1) is 14.0. The Labute approximate surface area is 167 Å². The molecule has 1 aliphatic rings. The molecule has 29 heavy (non-hydrogen) atoms. The van der Waals surface area contributed by atoms with Crippen molar-refractivity contribution in [3.8, 4) is 11.3 Å². The van der Waals surface area contributed by atoms with E-state index < -0.39 is 26.8 Å². The molecule has 1 aliphatic heterocycles. The van der Waals surface area contributed by atoms with Crippen molar-refractivity contribution in [2.24, 2.45) is 0 Å². The number of hydrogen-bond acceptors (Lipinski definition) is 6. The largest absolute Gasteiger partial charge is 0.355 e. The van der Waals surface area contributed by atoms with Gasteiger partial charge in [-0.3, -0.25) is 9.78 Å². The highest BCUT2D eigenvalue weighted by Gasteiger charge is 2.34. The smallest absolute Gasteiger partial charge is 0.276 e. The van der Waals surface area contributed by atoms with Crippen LogP contribution in [0, 0.1) is 5.82 Å². The molecule has 150 valence electrons. The molecule has 0 spiro atoms. The van der Waals surface area contributed by atoms with Crippen LogP contribution in [0.5, 0.6) is 0 Å². The molecule has 1 amide bonds. The molecule has 1 unspecified atom stereocenters. The lowest BCUT2D eigenvalue weighted by molar-refractivity contribution is 0.0756. The maximum atomic E-state index is 14.2. The molecule has 0 N–H and O–H groups in total. The number of sulfone groups is 1. The van der Waals surface area contributed by atoms with Gasteiger partial charge < -0.3 is 9.42 Å². The van der Waals surface area contributed by atoms with Crippen LogP contribution in [0.2, 0.25) is 0 Å². The van der Waals surface area contributed by atoms with E-state index >= 15 is 0 Å². The molecule has 0 saturated carbocycles. The number of pyridine rings is 1. The summed E-state index contributed by atoms with van der Waals surface area (Å²) >= 11 is 0. The quantitative estimate of drug-likeness (QED) is 0.653. The molecule has 2 aromatic heterocycles. The molecule has 1 aromatic carbocycles. The number of benzene rings is 1. The second-order valence-corrected chi connectivity index (χ2v) is 9.08. The van der Waals surface area contributed by atoms with Crippen LogP contribution in [0.1, 0.15) is 27.7 Å². The van der Waals surface area contributed by atoms with Gasteiger partial charge in [-0.1, -0.05) is 23.4 Å². The average molecular weight is 415 g/mol. The number of carbonyl (C=O) groups is 1. The number of rotatable bonds is 3. The third kappa shape index (κ3) is 3.91. The SMILES string of the molecule is O=C(c1cc(-c2cccnc2)on1)N1CCC(c2ccccc2F)S(=O)(=O)CC1. The molecule has 1 saturated heterocycles. The van der Waals surface area contributed by atoms with E-state index in [4.69, 9.17) is 4.52 Å². The van der Waals surface area contributed by atoms with Crippen LogP contribution < -0.4 is 0 Å². The summed E-state index contributed by atoms with van der Waals surface area (Å²) in [6.07, 6.45) is 3.32. The monoisotopic (exact) mass is 415 g/mol. The van der Waals surface area contributed by atoms with Crippen LogP contribution in [0.4, 0.5) is 4.39 Å². The van der Waals surface area contributed by atoms with Gasteiger partial charge in [0.1, 0.15) is 5.82 Å². The van der Waals surface area contributed by atoms with Gasteiger partial charge in [0.25, 0.3) is 5.91 Å². The van der Waals surface area contributed by atoms with Crippen LogP contribution in [0.25, 0.3) is 11.3 Å². The van der Waals surface area contributed by atoms with E-state index in [0.29, 0.717) is 11.3 Å². The predicted octanol–water partition coefficient (Wildman–Crippen LogP) is 2.88. The zero-order valence-corrected chi connectivity index (χ0v) is 16.2. The number of carbonyl (C=O) groups excluding carboxylic acids is 1. The van der Waals surface area contributed by atoms with Crippen LogP contribution in [0.15, 0.2) is 59.4 Å². The zero-order valence-electron chi connectivity index (χ0n) is 15.4. The Morgan fingerprint density at radius 1 is 1.17 bits per heavy atom. The second-order valence-electron chi connectivity index (χ2n) is 6.78. The summed E-state index contributed by atoms with van der Waals surface area (Å²) in [6.45, 7) is 0.188. The van der Waals surface area contributed by atoms with Gasteiger partial charge in [0, 0.05) is 42.7 Å². The lowest BCUT2D eigenvalue weighted by Crippen LogP contribution is -2.33. The number of nitrogens with zero attached hydrogens (tertiary/aromatic N) is 3. The van der Waals surface area contributed by atoms with Crippen LogP contribution in [-0.2, 0) is 9.84 Å². The molecule has 9 heteroatoms. The summed E-state index contributed by atoms with van der Waals surface area (Å²) in [5.74, 6) is -0.828. The highest BCUT2D eigenvalue weighted by Crippen LogP contribution is 2.31. The van der Waals surface area contributed by atoms with Crippen molar-refractivity contribution in [3.05, 3.63) is 71.9 Å². The fourth-order valence-electron chi connectivity index (χ4n) is 3.41. The molecule has 3 heterocycles. The molecule has 1 atom stereocenters. The van der Waals surface area contributed by atoms with Crippen LogP contribution in [-0.4, -0.2) is 48.2 Å². The molecule has 0 radical (unpaired) electrons. The van der Waals surface area contributed by atoms with Crippen molar-refractivity contribution >= 4 is 15.7 Å². The van der Waals surface area contributed by atoms with Crippen molar-refractivity contribution in [2.45, 2.75) is 11.7 Å². The third-order valence-electron chi connectivity index (χ3n) is 4.96. The zero-order chi connectivity index (χ0) is 20.4. The summed E-state index contributed by atoms with van der Waals surface area (Å²) in [4.78, 5) is 18.3. The molecule has 1 fully saturated rings. The first kappa shape index (κ1) is 19.3. The number of halogens is 1. The standard InChI is InChI=1S/C20H18FN3O4S/c21-16-6-2-1-5-15(16)19-7-9-24(10-11-29(19,26)27)20(25)17-12-18(28-23-17)14-4-3-8-22-13-14/h1-6,8,12-13,19H,7,9-11H2. The second kappa shape index (κ2) is 7.75. The average Bonchev–Trinajstić information content (AvgIpc) is 3.16. The lowest BCUT2D eigenvalue weighted by Gasteiger charge is -2.18. The van der Waals surface area contributed by atoms with Crippen molar-refractivity contribution in [1.29, 1.82) is 0 Å². The topological polar surface area (TPSA) is 93.4 Å². The highest BCUT2D eigenvalue weighted by molar-refractivity contribution is 7.91. The Balaban J connectivity index is 1.55. The van der Waals surface area contributed by atoms with Crippen LogP contribution in [0.3, 0.4) is 0 Å². The maximum Gasteiger partial charge on any atom is 0.276 e. The summed E-state index contributed by atoms with van der Waals surface area (Å²) < 4.78 is 44.8. The maximum absolute atomic E-state index is 14.2. The van der Waals surface area contributed by atoms with Gasteiger partial charge in [0.05, 0.1) is 11.0 Å². The van der Waals surface area contributed by atoms with Crippen molar-refractivity contribution in [1.82, 2.24) is 15.0 Å². The summed E-state index contributed by atoms with van der Waals surface area (Å²) in [6, 6.07) is 10.9. The van der Waals surface area contributed by atoms with Gasteiger partial charge in [-0.15, -0.1) is 0 Å². The minimum Gasteiger partial charge on any atom is -0.355 e. The van der Waals surface area contributed by atoms with Gasteiger partial charge in [0.15, 0.2) is 21.3 Å². The predicted molar refractivity (Wildman–Crippen MR) is 103 cm³/mol. The fourth-order valence-corrected chi connectivity index (χ4v) is 5.22. The minimum atomic E-state index is -3.61. The molecular weight excluding hydrogens is 397 g/mol. The molecule has 4 rings (SSSR count). The van der Waals surface area contributed by atoms with Gasteiger partial charge in [-0.05, 0) is 24.6 Å². The van der Waals surface area contributed by atoms with Crippen LogP contribution >= 0.6 is 0 Å². The summed E-state index contributed by atoms with van der Waals surface area (Å²) in [5, 5.41) is 2.84. The van der Waals surface area contributed by atoms with Gasteiger partial charge >= 0.3 is 0 Å². The van der Waals surface area contributed by atoms with E-state index in [2.05, 4.69) is 10.1 Å². The van der Waals surface area contributed by atoms with E-state index in [1.165, 1.54) is 29.2 Å². The summed E-state index contributed by atoms with van der Waals surface area (Å²) in [7, 11) is -3.61. The minimum absolute atomic E-state index is 0.0151. The highest BCUT2D eigenvalue weighted by atomic mass is 32.2. The van der Waals surface area contributed by atoms with Gasteiger partial charge in [-0.25, -0.2) is 12.8 Å². The Hall–Kier alpha value is -3.07. The fraction of sp³-hybridized carbons (Fsp3) is 0.250. The number of hydrogen-bond donors (Lipinski definition) is 0. The van der Waals surface area contributed by atoms with E-state index in [9.17, 15) is 17.6 Å². The molecule has 0 aliphatic carbocycles. The van der Waals surface area contributed by atoms with Gasteiger partial charge in [-0.2, -0.15) is 0 Å². The van der Waals surface area contributed by atoms with Crippen molar-refractivity contribution in [3.63, 3.8) is 0 Å². The van der Waals surface area contributed by atoms with Crippen molar-refractivity contribution < 1.29 is 22.1 Å². The van der Waals surface area contributed by atoms with E-state index in [-0.39, 0.29) is 36.5 Å². The Morgan fingerprint density at radius 2 is 2.00 bits per heavy atom. The van der Waals surface area contributed by atoms with E-state index in [1.54, 1.807) is 30.6 Å².